The molecule has 0 aliphatic rings. The summed E-state index contributed by atoms with van der Waals surface area (Å²) in [6.07, 6.45) is -1.82. The van der Waals surface area contributed by atoms with Gasteiger partial charge in [-0.3, -0.25) is 0 Å². The van der Waals surface area contributed by atoms with Crippen molar-refractivity contribution in [3.8, 4) is 0 Å². The van der Waals surface area contributed by atoms with Gasteiger partial charge in [-0.05, 0) is 17.7 Å². The summed E-state index contributed by atoms with van der Waals surface area (Å²) in [5, 5.41) is 0. The standard InChI is InChI=1S/C16H16ClNO5S/c17-12-22-16(19)23-15(13-7-3-1-4-8-13)11-18-24(20,21)14-9-5-2-6-10-14/h1-10,15,18H,11-12H2. The van der Waals surface area contributed by atoms with Gasteiger partial charge in [0.25, 0.3) is 0 Å². The molecular formula is C16H16ClNO5S. The van der Waals surface area contributed by atoms with Crippen LogP contribution in [0.25, 0.3) is 0 Å². The number of halogens is 1. The van der Waals surface area contributed by atoms with Crippen LogP contribution in [-0.4, -0.2) is 27.2 Å². The largest absolute Gasteiger partial charge is 0.510 e. The number of ether oxygens (including phenoxy) is 2. The molecule has 6 nitrogen and oxygen atoms in total. The Morgan fingerprint density at radius 2 is 1.62 bits per heavy atom. The zero-order chi connectivity index (χ0) is 17.4. The van der Waals surface area contributed by atoms with Crippen LogP contribution in [0, 0.1) is 0 Å². The summed E-state index contributed by atoms with van der Waals surface area (Å²) in [5.74, 6) is 0. The SMILES string of the molecule is O=C(OCCl)OC(CNS(=O)(=O)c1ccccc1)c1ccccc1. The Kier molecular flexibility index (Phi) is 6.60. The summed E-state index contributed by atoms with van der Waals surface area (Å²) in [6, 6.07) is 16.3. The van der Waals surface area contributed by atoms with E-state index in [-0.39, 0.29) is 17.5 Å². The van der Waals surface area contributed by atoms with Crippen LogP contribution in [0.15, 0.2) is 65.6 Å². The molecule has 0 aromatic heterocycles. The van der Waals surface area contributed by atoms with Gasteiger partial charge in [0.2, 0.25) is 10.0 Å². The van der Waals surface area contributed by atoms with Gasteiger partial charge < -0.3 is 9.47 Å². The average Bonchev–Trinajstić information content (AvgIpc) is 2.60. The van der Waals surface area contributed by atoms with Gasteiger partial charge in [-0.1, -0.05) is 60.1 Å². The predicted octanol–water partition coefficient (Wildman–Crippen LogP) is 3.06. The second-order valence-corrected chi connectivity index (χ2v) is 6.67. The van der Waals surface area contributed by atoms with Crippen LogP contribution in [0.4, 0.5) is 4.79 Å². The molecule has 2 aromatic carbocycles. The number of carbonyl (C=O) groups excluding carboxylic acids is 1. The van der Waals surface area contributed by atoms with Gasteiger partial charge in [0.15, 0.2) is 6.07 Å². The first-order valence-electron chi connectivity index (χ1n) is 7.02. The topological polar surface area (TPSA) is 81.7 Å². The van der Waals surface area contributed by atoms with Crippen LogP contribution < -0.4 is 4.72 Å². The van der Waals surface area contributed by atoms with E-state index in [0.717, 1.165) is 0 Å². The number of sulfonamides is 1. The Balaban J connectivity index is 2.12. The van der Waals surface area contributed by atoms with Crippen molar-refractivity contribution < 1.29 is 22.7 Å². The van der Waals surface area contributed by atoms with Crippen molar-refractivity contribution in [3.63, 3.8) is 0 Å². The number of rotatable bonds is 7. The van der Waals surface area contributed by atoms with Crippen LogP contribution in [0.3, 0.4) is 0 Å². The molecule has 0 aliphatic carbocycles. The maximum Gasteiger partial charge on any atom is 0.510 e. The fraction of sp³-hybridized carbons (Fsp3) is 0.188. The van der Waals surface area contributed by atoms with Gasteiger partial charge in [-0.2, -0.15) is 0 Å². The molecule has 1 unspecified atom stereocenters. The van der Waals surface area contributed by atoms with Gasteiger partial charge in [0, 0.05) is 0 Å². The lowest BCUT2D eigenvalue weighted by Crippen LogP contribution is -2.30. The van der Waals surface area contributed by atoms with E-state index in [0.29, 0.717) is 5.56 Å². The molecule has 8 heteroatoms. The van der Waals surface area contributed by atoms with Crippen molar-refractivity contribution >= 4 is 27.8 Å². The zero-order valence-electron chi connectivity index (χ0n) is 12.6. The first-order valence-corrected chi connectivity index (χ1v) is 9.04. The van der Waals surface area contributed by atoms with E-state index in [2.05, 4.69) is 9.46 Å². The average molecular weight is 370 g/mol. The van der Waals surface area contributed by atoms with Crippen LogP contribution in [0.2, 0.25) is 0 Å². The molecule has 0 fully saturated rings. The molecule has 0 heterocycles. The van der Waals surface area contributed by atoms with Gasteiger partial charge in [-0.25, -0.2) is 17.9 Å². The molecule has 128 valence electrons. The van der Waals surface area contributed by atoms with E-state index < -0.39 is 22.3 Å². The third-order valence-corrected chi connectivity index (χ3v) is 4.64. The summed E-state index contributed by atoms with van der Waals surface area (Å²) < 4.78 is 36.7. The lowest BCUT2D eigenvalue weighted by Gasteiger charge is -2.18. The van der Waals surface area contributed by atoms with E-state index in [1.165, 1.54) is 12.1 Å². The molecule has 2 rings (SSSR count). The molecule has 0 saturated heterocycles. The minimum Gasteiger partial charge on any atom is -0.425 e. The minimum atomic E-state index is -3.72. The maximum atomic E-state index is 12.3. The number of hydrogen-bond donors (Lipinski definition) is 1. The Morgan fingerprint density at radius 3 is 2.21 bits per heavy atom. The van der Waals surface area contributed by atoms with E-state index in [1.807, 2.05) is 0 Å². The summed E-state index contributed by atoms with van der Waals surface area (Å²) in [4.78, 5) is 11.6. The highest BCUT2D eigenvalue weighted by Crippen LogP contribution is 2.18. The van der Waals surface area contributed by atoms with Crippen molar-refractivity contribution in [2.45, 2.75) is 11.0 Å². The number of alkyl halides is 1. The highest BCUT2D eigenvalue weighted by atomic mass is 35.5. The lowest BCUT2D eigenvalue weighted by atomic mass is 10.1. The molecule has 0 radical (unpaired) electrons. The number of carbonyl (C=O) groups is 1. The number of hydrogen-bond acceptors (Lipinski definition) is 5. The second-order valence-electron chi connectivity index (χ2n) is 4.69. The Labute approximate surface area is 145 Å². The van der Waals surface area contributed by atoms with Crippen molar-refractivity contribution in [1.82, 2.24) is 4.72 Å². The van der Waals surface area contributed by atoms with Gasteiger partial charge >= 0.3 is 6.16 Å². The Hall–Kier alpha value is -2.09. The lowest BCUT2D eigenvalue weighted by molar-refractivity contribution is 0.0341. The first-order chi connectivity index (χ1) is 11.5. The molecule has 1 atom stereocenters. The van der Waals surface area contributed by atoms with Gasteiger partial charge in [-0.15, -0.1) is 0 Å². The molecule has 24 heavy (non-hydrogen) atoms. The van der Waals surface area contributed by atoms with Crippen LogP contribution in [0.1, 0.15) is 11.7 Å². The molecule has 2 aromatic rings. The predicted molar refractivity (Wildman–Crippen MR) is 89.1 cm³/mol. The quantitative estimate of drug-likeness (QED) is 0.599. The molecule has 0 spiro atoms. The smallest absolute Gasteiger partial charge is 0.425 e. The summed E-state index contributed by atoms with van der Waals surface area (Å²) in [6.45, 7) is -0.140. The molecule has 0 aliphatic heterocycles. The summed E-state index contributed by atoms with van der Waals surface area (Å²) >= 11 is 5.32. The van der Waals surface area contributed by atoms with Crippen molar-refractivity contribution in [2.24, 2.45) is 0 Å². The Bertz CT molecular complexity index is 753. The van der Waals surface area contributed by atoms with Crippen LogP contribution in [0.5, 0.6) is 0 Å². The molecule has 0 saturated carbocycles. The van der Waals surface area contributed by atoms with Crippen LogP contribution >= 0.6 is 11.6 Å². The van der Waals surface area contributed by atoms with Crippen molar-refractivity contribution in [2.75, 3.05) is 12.6 Å². The molecule has 1 N–H and O–H groups in total. The third kappa shape index (κ3) is 5.23. The van der Waals surface area contributed by atoms with E-state index in [9.17, 15) is 13.2 Å². The second kappa shape index (κ2) is 8.68. The third-order valence-electron chi connectivity index (χ3n) is 3.09. The normalized spacial score (nSPS) is 12.4. The van der Waals surface area contributed by atoms with E-state index in [1.54, 1.807) is 48.5 Å². The van der Waals surface area contributed by atoms with Crippen LogP contribution in [-0.2, 0) is 19.5 Å². The monoisotopic (exact) mass is 369 g/mol. The molecule has 0 amide bonds. The highest BCUT2D eigenvalue weighted by Gasteiger charge is 2.21. The summed E-state index contributed by atoms with van der Waals surface area (Å²) in [5.41, 5.74) is 0.625. The summed E-state index contributed by atoms with van der Waals surface area (Å²) in [7, 11) is -3.72. The Morgan fingerprint density at radius 1 is 1.04 bits per heavy atom. The number of nitrogens with one attached hydrogen (secondary N) is 1. The van der Waals surface area contributed by atoms with Gasteiger partial charge in [0.1, 0.15) is 6.10 Å². The van der Waals surface area contributed by atoms with E-state index >= 15 is 0 Å². The maximum absolute atomic E-state index is 12.3. The van der Waals surface area contributed by atoms with Gasteiger partial charge in [0.05, 0.1) is 11.4 Å². The number of benzene rings is 2. The van der Waals surface area contributed by atoms with Crippen molar-refractivity contribution in [1.29, 1.82) is 0 Å². The highest BCUT2D eigenvalue weighted by molar-refractivity contribution is 7.89. The fourth-order valence-corrected chi connectivity index (χ4v) is 3.10. The minimum absolute atomic E-state index is 0.125. The van der Waals surface area contributed by atoms with E-state index in [4.69, 9.17) is 16.3 Å². The van der Waals surface area contributed by atoms with Crippen molar-refractivity contribution in [3.05, 3.63) is 66.2 Å². The first kappa shape index (κ1) is 18.3. The molecular weight excluding hydrogens is 354 g/mol. The fourth-order valence-electron chi connectivity index (χ4n) is 1.96. The zero-order valence-corrected chi connectivity index (χ0v) is 14.2. The molecule has 0 bridgehead atoms.